The van der Waals surface area contributed by atoms with Crippen LogP contribution in [0.2, 0.25) is 0 Å². The maximum atomic E-state index is 13.8. The topological polar surface area (TPSA) is 94.4 Å². The molecule has 0 radical (unpaired) electrons. The highest BCUT2D eigenvalue weighted by atomic mass is 19.1. The first kappa shape index (κ1) is 11.4. The summed E-state index contributed by atoms with van der Waals surface area (Å²) in [6, 6.07) is 4.67. The van der Waals surface area contributed by atoms with Gasteiger partial charge in [-0.1, -0.05) is 6.07 Å². The number of nitrogens with one attached hydrogen (secondary N) is 3. The van der Waals surface area contributed by atoms with E-state index >= 15 is 0 Å². The van der Waals surface area contributed by atoms with E-state index in [-0.39, 0.29) is 22.6 Å². The van der Waals surface area contributed by atoms with Gasteiger partial charge < -0.3 is 4.98 Å². The Morgan fingerprint density at radius 2 is 1.95 bits per heavy atom. The van der Waals surface area contributed by atoms with Crippen molar-refractivity contribution in [3.05, 3.63) is 50.4 Å². The summed E-state index contributed by atoms with van der Waals surface area (Å²) in [5, 5.41) is 0. The van der Waals surface area contributed by atoms with Gasteiger partial charge >= 0.3 is 5.69 Å². The van der Waals surface area contributed by atoms with Crippen LogP contribution in [0, 0.1) is 12.7 Å². The highest BCUT2D eigenvalue weighted by molar-refractivity contribution is 5.74. The Kier molecular flexibility index (Phi) is 2.34. The Morgan fingerprint density at radius 3 is 2.68 bits per heavy atom. The molecule has 0 fully saturated rings. The number of aromatic amines is 3. The van der Waals surface area contributed by atoms with Gasteiger partial charge in [-0.3, -0.25) is 14.8 Å². The van der Waals surface area contributed by atoms with E-state index in [9.17, 15) is 14.0 Å². The largest absolute Gasteiger partial charge is 0.332 e. The van der Waals surface area contributed by atoms with Crippen molar-refractivity contribution in [1.82, 2.24) is 19.9 Å². The first-order valence-electron chi connectivity index (χ1n) is 5.53. The molecule has 1 aromatic carbocycles. The molecule has 7 heteroatoms. The van der Waals surface area contributed by atoms with E-state index in [1.54, 1.807) is 19.1 Å². The zero-order chi connectivity index (χ0) is 13.6. The Bertz CT molecular complexity index is 891. The van der Waals surface area contributed by atoms with Gasteiger partial charge in [0, 0.05) is 0 Å². The molecule has 0 spiro atoms. The summed E-state index contributed by atoms with van der Waals surface area (Å²) in [7, 11) is 0. The summed E-state index contributed by atoms with van der Waals surface area (Å²) in [6.45, 7) is 1.77. The molecule has 2 aromatic heterocycles. The number of nitrogens with zero attached hydrogens (tertiary/aromatic N) is 1. The molecule has 0 aliphatic heterocycles. The van der Waals surface area contributed by atoms with Gasteiger partial charge in [-0.05, 0) is 24.6 Å². The lowest BCUT2D eigenvalue weighted by atomic mass is 10.1. The molecule has 3 aromatic rings. The number of halogens is 1. The smallest absolute Gasteiger partial charge is 0.327 e. The second-order valence-corrected chi connectivity index (χ2v) is 4.20. The van der Waals surface area contributed by atoms with Crippen molar-refractivity contribution in [1.29, 1.82) is 0 Å². The van der Waals surface area contributed by atoms with Crippen LogP contribution in [0.1, 0.15) is 5.56 Å². The minimum atomic E-state index is -0.653. The van der Waals surface area contributed by atoms with Crippen LogP contribution < -0.4 is 11.2 Å². The van der Waals surface area contributed by atoms with Gasteiger partial charge in [0.25, 0.3) is 5.56 Å². The summed E-state index contributed by atoms with van der Waals surface area (Å²) in [4.78, 5) is 33.8. The zero-order valence-electron chi connectivity index (χ0n) is 9.87. The quantitative estimate of drug-likeness (QED) is 0.610. The minimum absolute atomic E-state index is 0.101. The van der Waals surface area contributed by atoms with Crippen LogP contribution in [0.25, 0.3) is 22.6 Å². The van der Waals surface area contributed by atoms with E-state index in [4.69, 9.17) is 0 Å². The predicted molar refractivity (Wildman–Crippen MR) is 67.5 cm³/mol. The van der Waals surface area contributed by atoms with Crippen LogP contribution in [0.3, 0.4) is 0 Å². The van der Waals surface area contributed by atoms with Crippen molar-refractivity contribution in [2.45, 2.75) is 6.92 Å². The number of hydrogen-bond acceptors (Lipinski definition) is 3. The average Bonchev–Trinajstić information content (AvgIpc) is 2.72. The summed E-state index contributed by atoms with van der Waals surface area (Å²) >= 11 is 0. The first-order chi connectivity index (χ1) is 9.04. The number of H-pyrrole nitrogens is 3. The molecule has 0 aliphatic carbocycles. The fraction of sp³-hybridized carbons (Fsp3) is 0.0833. The maximum absolute atomic E-state index is 13.8. The van der Waals surface area contributed by atoms with Gasteiger partial charge in [0.05, 0.1) is 5.56 Å². The van der Waals surface area contributed by atoms with Crippen LogP contribution in [0.15, 0.2) is 27.8 Å². The molecule has 0 unspecified atom stereocenters. The van der Waals surface area contributed by atoms with Gasteiger partial charge in [-0.2, -0.15) is 0 Å². The molecule has 0 amide bonds. The fourth-order valence-electron chi connectivity index (χ4n) is 1.87. The zero-order valence-corrected chi connectivity index (χ0v) is 9.87. The monoisotopic (exact) mass is 260 g/mol. The van der Waals surface area contributed by atoms with E-state index in [1.165, 1.54) is 6.07 Å². The standard InChI is InChI=1S/C12H9FN4O2/c1-5-2-3-6(7(13)4-5)9-14-8-10(15-9)16-12(19)17-11(8)18/h2-4H,1H3,(H3,14,15,16,17,18,19). The lowest BCUT2D eigenvalue weighted by Crippen LogP contribution is -2.21. The van der Waals surface area contributed by atoms with Gasteiger partial charge in [0.2, 0.25) is 0 Å². The molecule has 6 nitrogen and oxygen atoms in total. The normalized spacial score (nSPS) is 11.1. The van der Waals surface area contributed by atoms with Crippen LogP contribution in [0.5, 0.6) is 0 Å². The van der Waals surface area contributed by atoms with E-state index < -0.39 is 17.1 Å². The van der Waals surface area contributed by atoms with E-state index in [0.717, 1.165) is 5.56 Å². The molecule has 3 rings (SSSR count). The van der Waals surface area contributed by atoms with Crippen molar-refractivity contribution in [3.8, 4) is 11.4 Å². The van der Waals surface area contributed by atoms with Gasteiger partial charge in [0.1, 0.15) is 17.2 Å². The summed E-state index contributed by atoms with van der Waals surface area (Å²) in [5.41, 5.74) is -0.0195. The molecular weight excluding hydrogens is 251 g/mol. The van der Waals surface area contributed by atoms with Crippen LogP contribution >= 0.6 is 0 Å². The molecule has 0 atom stereocenters. The molecule has 0 aliphatic rings. The summed E-state index contributed by atoms with van der Waals surface area (Å²) in [5.74, 6) is -0.252. The minimum Gasteiger partial charge on any atom is -0.332 e. The third-order valence-electron chi connectivity index (χ3n) is 2.77. The van der Waals surface area contributed by atoms with Gasteiger partial charge in [-0.25, -0.2) is 14.2 Å². The Hall–Kier alpha value is -2.70. The highest BCUT2D eigenvalue weighted by Crippen LogP contribution is 2.21. The summed E-state index contributed by atoms with van der Waals surface area (Å²) < 4.78 is 13.8. The highest BCUT2D eigenvalue weighted by Gasteiger charge is 2.12. The van der Waals surface area contributed by atoms with Crippen LogP contribution in [-0.2, 0) is 0 Å². The molecule has 0 saturated heterocycles. The fourth-order valence-corrected chi connectivity index (χ4v) is 1.87. The lowest BCUT2D eigenvalue weighted by molar-refractivity contribution is 0.629. The molecule has 96 valence electrons. The third kappa shape index (κ3) is 1.85. The molecule has 3 N–H and O–H groups in total. The SMILES string of the molecule is Cc1ccc(-c2nc3[nH]c(=O)[nH]c(=O)c3[nH]2)c(F)c1. The molecule has 0 bridgehead atoms. The van der Waals surface area contributed by atoms with E-state index in [2.05, 4.69) is 19.9 Å². The lowest BCUT2D eigenvalue weighted by Gasteiger charge is -1.99. The second-order valence-electron chi connectivity index (χ2n) is 4.20. The van der Waals surface area contributed by atoms with Crippen molar-refractivity contribution in [2.75, 3.05) is 0 Å². The van der Waals surface area contributed by atoms with Crippen LogP contribution in [-0.4, -0.2) is 19.9 Å². The maximum Gasteiger partial charge on any atom is 0.327 e. The van der Waals surface area contributed by atoms with E-state index in [0.29, 0.717) is 0 Å². The Morgan fingerprint density at radius 1 is 1.16 bits per heavy atom. The number of hydrogen-bond donors (Lipinski definition) is 3. The predicted octanol–water partition coefficient (Wildman–Crippen LogP) is 1.05. The first-order valence-corrected chi connectivity index (χ1v) is 5.53. The number of imidazole rings is 1. The third-order valence-corrected chi connectivity index (χ3v) is 2.77. The Balaban J connectivity index is 2.29. The second kappa shape index (κ2) is 3.91. The number of fused-ring (bicyclic) bond motifs is 1. The molecular formula is C12H9FN4O2. The number of aromatic nitrogens is 4. The van der Waals surface area contributed by atoms with Crippen molar-refractivity contribution in [3.63, 3.8) is 0 Å². The molecule has 19 heavy (non-hydrogen) atoms. The van der Waals surface area contributed by atoms with Crippen molar-refractivity contribution >= 4 is 11.2 Å². The van der Waals surface area contributed by atoms with Crippen LogP contribution in [0.4, 0.5) is 4.39 Å². The number of aryl methyl sites for hydroxylation is 1. The van der Waals surface area contributed by atoms with Crippen molar-refractivity contribution < 1.29 is 4.39 Å². The molecule has 2 heterocycles. The van der Waals surface area contributed by atoms with Gasteiger partial charge in [0.15, 0.2) is 5.65 Å². The van der Waals surface area contributed by atoms with E-state index in [1.807, 2.05) is 0 Å². The average molecular weight is 260 g/mol. The molecule has 0 saturated carbocycles. The summed E-state index contributed by atoms with van der Waals surface area (Å²) in [6.07, 6.45) is 0. The van der Waals surface area contributed by atoms with Gasteiger partial charge in [-0.15, -0.1) is 0 Å². The number of rotatable bonds is 1. The van der Waals surface area contributed by atoms with Crippen molar-refractivity contribution in [2.24, 2.45) is 0 Å². The Labute approximate surface area is 105 Å². The number of benzene rings is 1.